The van der Waals surface area contributed by atoms with Crippen LogP contribution >= 0.6 is 47.0 Å². The summed E-state index contributed by atoms with van der Waals surface area (Å²) in [6.07, 6.45) is 4.81. The number of carboxylic acid groups (broad SMARTS) is 2. The molecule has 12 nitrogen and oxygen atoms in total. The Morgan fingerprint density at radius 2 is 0.862 bits per heavy atom. The molecule has 310 valence electrons. The smallest absolute Gasteiger partial charge is 0.349 e. The lowest BCUT2D eigenvalue weighted by molar-refractivity contribution is -0.141. The largest absolute Gasteiger partial charge is 0.477 e. The average molecular weight is 907 g/mol. The minimum absolute atomic E-state index is 0.0565. The van der Waals surface area contributed by atoms with Gasteiger partial charge in [-0.2, -0.15) is 0 Å². The van der Waals surface area contributed by atoms with Gasteiger partial charge in [0, 0.05) is 0 Å². The molecule has 2 heterocycles. The number of sulfone groups is 2. The van der Waals surface area contributed by atoms with Crippen molar-refractivity contribution in [3.05, 3.63) is 78.9 Å². The molecule has 3 aromatic rings. The lowest BCUT2D eigenvalue weighted by Gasteiger charge is -2.20. The summed E-state index contributed by atoms with van der Waals surface area (Å²) in [5.74, 6) is -6.26. The van der Waals surface area contributed by atoms with Crippen LogP contribution in [0.2, 0.25) is 0 Å². The molecule has 3 aromatic carbocycles. The van der Waals surface area contributed by atoms with E-state index in [1.54, 1.807) is 12.1 Å². The molecule has 58 heavy (non-hydrogen) atoms. The third-order valence-electron chi connectivity index (χ3n) is 9.29. The number of unbranched alkanes of at least 4 members (excludes halogenated alkanes) is 2. The maximum Gasteiger partial charge on any atom is 0.349 e. The number of fused-ring (bicyclic) bond motifs is 2. The summed E-state index contributed by atoms with van der Waals surface area (Å²) in [6, 6.07) is 14.0. The van der Waals surface area contributed by atoms with Crippen LogP contribution in [0.5, 0.6) is 11.5 Å². The van der Waals surface area contributed by atoms with Crippen LogP contribution in [-0.2, 0) is 38.9 Å². The normalized spacial score (nSPS) is 14.6. The Bertz CT molecular complexity index is 2170. The molecule has 0 fully saturated rings. The van der Waals surface area contributed by atoms with Gasteiger partial charge in [0.1, 0.15) is 0 Å². The Kier molecular flexibility index (Phi) is 15.3. The van der Waals surface area contributed by atoms with Gasteiger partial charge in [-0.1, -0.05) is 137 Å². The van der Waals surface area contributed by atoms with Gasteiger partial charge < -0.3 is 19.7 Å². The van der Waals surface area contributed by atoms with Gasteiger partial charge in [0.15, 0.2) is 21.3 Å². The second-order valence-electron chi connectivity index (χ2n) is 13.2. The third kappa shape index (κ3) is 9.52. The number of carbonyl (C=O) groups excluding carboxylic acids is 2. The first-order chi connectivity index (χ1) is 27.6. The van der Waals surface area contributed by atoms with Crippen molar-refractivity contribution in [2.45, 2.75) is 108 Å². The van der Waals surface area contributed by atoms with Gasteiger partial charge in [-0.05, 0) is 49.9 Å². The minimum Gasteiger partial charge on any atom is -0.477 e. The summed E-state index contributed by atoms with van der Waals surface area (Å²) >= 11 is 2.78. The van der Waals surface area contributed by atoms with Gasteiger partial charge in [0.2, 0.25) is 19.7 Å². The fraction of sp³-hybridized carbons (Fsp3) is 0.350. The fourth-order valence-electron chi connectivity index (χ4n) is 6.08. The minimum atomic E-state index is -4.64. The van der Waals surface area contributed by atoms with Crippen molar-refractivity contribution < 1.29 is 55.7 Å². The molecule has 2 aliphatic rings. The van der Waals surface area contributed by atoms with E-state index < -0.39 is 65.2 Å². The number of esters is 2. The van der Waals surface area contributed by atoms with Crippen LogP contribution in [-0.4, -0.2) is 50.9 Å². The van der Waals surface area contributed by atoms with Crippen molar-refractivity contribution in [2.24, 2.45) is 11.8 Å². The molecular formula is C40H42O12S6. The van der Waals surface area contributed by atoms with Crippen LogP contribution in [0.25, 0.3) is 0 Å². The van der Waals surface area contributed by atoms with Gasteiger partial charge in [0.25, 0.3) is 0 Å². The fourth-order valence-corrected chi connectivity index (χ4v) is 15.4. The van der Waals surface area contributed by atoms with Crippen molar-refractivity contribution in [3.8, 4) is 11.5 Å². The van der Waals surface area contributed by atoms with Crippen LogP contribution in [0.4, 0.5) is 0 Å². The zero-order valence-corrected chi connectivity index (χ0v) is 36.9. The van der Waals surface area contributed by atoms with Crippen LogP contribution in [0, 0.1) is 11.8 Å². The van der Waals surface area contributed by atoms with E-state index in [1.165, 1.54) is 48.5 Å². The number of ether oxygens (including phenoxy) is 2. The molecule has 0 bridgehead atoms. The standard InChI is InChI=1S/C40H42O12S6/c1-5-9-17-23(7-3)37(45)51-27-29-31(55-39(53-29)33(35(41)42)57(47,48)25-19-13-11-14-20-25)28(52-38(46)24(8-4)18-10-6-2)32-30(27)54-40(56-32)34(36(43)44)58(49,50)26-21-15-12-16-22-26/h11-16,19-24H,5-10,17-18H2,1-4H3,(H,41,42)(H,43,44). The van der Waals surface area contributed by atoms with E-state index in [1.807, 2.05) is 27.7 Å². The first-order valence-corrected chi connectivity index (χ1v) is 24.8. The topological polar surface area (TPSA) is 195 Å². The molecule has 18 heteroatoms. The molecule has 0 amide bonds. The molecule has 2 N–H and O–H groups in total. The Balaban J connectivity index is 1.81. The molecule has 0 spiro atoms. The van der Waals surface area contributed by atoms with Crippen LogP contribution in [0.15, 0.2) is 108 Å². The number of carboxylic acids is 2. The highest BCUT2D eigenvalue weighted by molar-refractivity contribution is 8.26. The lowest BCUT2D eigenvalue weighted by atomic mass is 10.00. The lowest BCUT2D eigenvalue weighted by Crippen LogP contribution is -2.22. The number of thioether (sulfide) groups is 4. The van der Waals surface area contributed by atoms with E-state index >= 15 is 0 Å². The molecule has 2 aliphatic heterocycles. The van der Waals surface area contributed by atoms with Crippen LogP contribution in [0.3, 0.4) is 0 Å². The summed E-state index contributed by atoms with van der Waals surface area (Å²) in [5.41, 5.74) is 0. The molecule has 0 saturated carbocycles. The Labute approximate surface area is 354 Å². The molecule has 0 saturated heterocycles. The van der Waals surface area contributed by atoms with Crippen molar-refractivity contribution >= 4 is 90.6 Å². The summed E-state index contributed by atoms with van der Waals surface area (Å²) in [4.78, 5) is 51.4. The molecular weight excluding hydrogens is 865 g/mol. The SMILES string of the molecule is CCCCC(CC)C(=O)Oc1c2c(c(OC(=O)C(CC)CCCC)c3c1SC(=C(C(=O)O)S(=O)(=O)c1ccccc1)S3)SC(=C(C(=O)O)S(=O)(=O)c1ccccc1)S2. The number of aliphatic carboxylic acids is 2. The maximum absolute atomic E-state index is 13.9. The van der Waals surface area contributed by atoms with Crippen molar-refractivity contribution in [3.63, 3.8) is 0 Å². The van der Waals surface area contributed by atoms with E-state index in [0.717, 1.165) is 12.8 Å². The first kappa shape index (κ1) is 45.4. The number of hydrogen-bond donors (Lipinski definition) is 2. The van der Waals surface area contributed by atoms with Crippen LogP contribution < -0.4 is 9.47 Å². The average Bonchev–Trinajstić information content (AvgIpc) is 3.82. The maximum atomic E-state index is 13.9. The summed E-state index contributed by atoms with van der Waals surface area (Å²) in [6.45, 7) is 7.58. The third-order valence-corrected chi connectivity index (χ3v) is 18.6. The van der Waals surface area contributed by atoms with Crippen LogP contribution in [0.1, 0.15) is 79.1 Å². The zero-order valence-electron chi connectivity index (χ0n) is 32.0. The van der Waals surface area contributed by atoms with Gasteiger partial charge in [-0.3, -0.25) is 9.59 Å². The monoisotopic (exact) mass is 906 g/mol. The zero-order chi connectivity index (χ0) is 42.4. The summed E-state index contributed by atoms with van der Waals surface area (Å²) in [5, 5.41) is 20.9. The summed E-state index contributed by atoms with van der Waals surface area (Å²) < 4.78 is 67.6. The Morgan fingerprint density at radius 1 is 0.552 bits per heavy atom. The Hall–Kier alpha value is -3.68. The first-order valence-electron chi connectivity index (χ1n) is 18.6. The number of hydrogen-bond acceptors (Lipinski definition) is 14. The highest BCUT2D eigenvalue weighted by atomic mass is 32.2. The van der Waals surface area contributed by atoms with Gasteiger partial charge in [-0.25, -0.2) is 26.4 Å². The Morgan fingerprint density at radius 3 is 1.12 bits per heavy atom. The number of carbonyl (C=O) groups is 4. The van der Waals surface area contributed by atoms with E-state index in [0.29, 0.717) is 85.6 Å². The summed E-state index contributed by atoms with van der Waals surface area (Å²) in [7, 11) is -9.28. The second-order valence-corrected chi connectivity index (χ2v) is 21.6. The second kappa shape index (κ2) is 19.6. The highest BCUT2D eigenvalue weighted by Gasteiger charge is 2.44. The van der Waals surface area contributed by atoms with Gasteiger partial charge in [-0.15, -0.1) is 0 Å². The molecule has 2 unspecified atom stereocenters. The van der Waals surface area contributed by atoms with Gasteiger partial charge in [0.05, 0.1) is 49.7 Å². The quantitative estimate of drug-likeness (QED) is 0.0695. The molecule has 0 aliphatic carbocycles. The van der Waals surface area contributed by atoms with Crippen molar-refractivity contribution in [1.82, 2.24) is 0 Å². The van der Waals surface area contributed by atoms with Crippen molar-refractivity contribution in [1.29, 1.82) is 0 Å². The highest BCUT2D eigenvalue weighted by Crippen LogP contribution is 2.69. The van der Waals surface area contributed by atoms with E-state index in [9.17, 15) is 46.2 Å². The van der Waals surface area contributed by atoms with E-state index in [2.05, 4.69) is 0 Å². The van der Waals surface area contributed by atoms with E-state index in [4.69, 9.17) is 9.47 Å². The molecule has 5 rings (SSSR count). The number of rotatable bonds is 18. The predicted octanol–water partition coefficient (Wildman–Crippen LogP) is 9.78. The molecule has 0 radical (unpaired) electrons. The van der Waals surface area contributed by atoms with E-state index in [-0.39, 0.29) is 49.3 Å². The molecule has 0 aromatic heterocycles. The molecule has 2 atom stereocenters. The van der Waals surface area contributed by atoms with Crippen molar-refractivity contribution in [2.75, 3.05) is 0 Å². The van der Waals surface area contributed by atoms with Gasteiger partial charge >= 0.3 is 23.9 Å². The predicted molar refractivity (Wildman–Crippen MR) is 224 cm³/mol. The number of benzene rings is 3.